The maximum Gasteiger partial charge on any atom is 0.238 e. The lowest BCUT2D eigenvalue weighted by Gasteiger charge is -2.02. The van der Waals surface area contributed by atoms with Gasteiger partial charge in [0.05, 0.1) is 0 Å². The molecule has 2 aromatic rings. The van der Waals surface area contributed by atoms with E-state index < -0.39 is 0 Å². The van der Waals surface area contributed by atoms with Crippen molar-refractivity contribution >= 4 is 11.5 Å². The highest BCUT2D eigenvalue weighted by Gasteiger charge is 2.19. The Morgan fingerprint density at radius 3 is 2.67 bits per heavy atom. The van der Waals surface area contributed by atoms with Gasteiger partial charge in [0.1, 0.15) is 0 Å². The summed E-state index contributed by atoms with van der Waals surface area (Å²) in [6.45, 7) is 1.84. The van der Waals surface area contributed by atoms with Crippen molar-refractivity contribution in [2.75, 3.05) is 5.32 Å². The van der Waals surface area contributed by atoms with Crippen LogP contribution in [0, 0.1) is 0 Å². The second-order valence-corrected chi connectivity index (χ2v) is 4.67. The molecule has 1 atom stereocenters. The van der Waals surface area contributed by atoms with E-state index in [0.717, 1.165) is 11.4 Å². The SMILES string of the molecule is CC1Oc2ccc(N/C=C\C(=O)c3ccccc3)cc2O1. The third kappa shape index (κ3) is 3.05. The fraction of sp³-hybridized carbons (Fsp3) is 0.118. The molecule has 2 aromatic carbocycles. The van der Waals surface area contributed by atoms with Gasteiger partial charge in [-0.1, -0.05) is 30.3 Å². The van der Waals surface area contributed by atoms with Gasteiger partial charge in [0.15, 0.2) is 17.3 Å². The van der Waals surface area contributed by atoms with Crippen LogP contribution >= 0.6 is 0 Å². The summed E-state index contributed by atoms with van der Waals surface area (Å²) >= 11 is 0. The third-order valence-electron chi connectivity index (χ3n) is 3.07. The lowest BCUT2D eigenvalue weighted by Crippen LogP contribution is -2.11. The number of fused-ring (bicyclic) bond motifs is 1. The molecular formula is C17H15NO3. The number of anilines is 1. The van der Waals surface area contributed by atoms with Gasteiger partial charge in [-0.3, -0.25) is 4.79 Å². The van der Waals surface area contributed by atoms with Gasteiger partial charge in [-0.15, -0.1) is 0 Å². The largest absolute Gasteiger partial charge is 0.451 e. The lowest BCUT2D eigenvalue weighted by atomic mass is 10.1. The number of hydrogen-bond donors (Lipinski definition) is 1. The zero-order valence-corrected chi connectivity index (χ0v) is 11.6. The van der Waals surface area contributed by atoms with Crippen LogP contribution in [-0.2, 0) is 0 Å². The van der Waals surface area contributed by atoms with Crippen LogP contribution in [0.4, 0.5) is 5.69 Å². The van der Waals surface area contributed by atoms with Crippen LogP contribution in [-0.4, -0.2) is 12.1 Å². The number of carbonyl (C=O) groups is 1. The van der Waals surface area contributed by atoms with Gasteiger partial charge in [0, 0.05) is 36.5 Å². The minimum absolute atomic E-state index is 0.0440. The molecule has 0 saturated carbocycles. The average Bonchev–Trinajstić information content (AvgIpc) is 2.87. The van der Waals surface area contributed by atoms with Gasteiger partial charge in [0.25, 0.3) is 0 Å². The van der Waals surface area contributed by atoms with Crippen LogP contribution in [0.5, 0.6) is 11.5 Å². The Kier molecular flexibility index (Phi) is 3.60. The normalized spacial score (nSPS) is 16.1. The van der Waals surface area contributed by atoms with Gasteiger partial charge in [0.2, 0.25) is 6.29 Å². The first-order valence-electron chi connectivity index (χ1n) is 6.72. The van der Waals surface area contributed by atoms with E-state index >= 15 is 0 Å². The van der Waals surface area contributed by atoms with Gasteiger partial charge in [-0.25, -0.2) is 0 Å². The maximum absolute atomic E-state index is 11.9. The van der Waals surface area contributed by atoms with Crippen LogP contribution < -0.4 is 14.8 Å². The molecule has 1 N–H and O–H groups in total. The Bertz CT molecular complexity index is 680. The lowest BCUT2D eigenvalue weighted by molar-refractivity contribution is 0.0678. The first-order chi connectivity index (χ1) is 10.2. The van der Waals surface area contributed by atoms with E-state index in [4.69, 9.17) is 9.47 Å². The Morgan fingerprint density at radius 2 is 1.86 bits per heavy atom. The molecule has 0 saturated heterocycles. The first kappa shape index (κ1) is 13.2. The van der Waals surface area contributed by atoms with Crippen molar-refractivity contribution in [3.8, 4) is 11.5 Å². The fourth-order valence-electron chi connectivity index (χ4n) is 2.08. The molecule has 0 amide bonds. The van der Waals surface area contributed by atoms with E-state index in [9.17, 15) is 4.79 Å². The second kappa shape index (κ2) is 5.71. The molecular weight excluding hydrogens is 266 g/mol. The molecule has 3 rings (SSSR count). The third-order valence-corrected chi connectivity index (χ3v) is 3.07. The molecule has 106 valence electrons. The van der Waals surface area contributed by atoms with E-state index in [1.54, 1.807) is 18.3 Å². The van der Waals surface area contributed by atoms with E-state index in [2.05, 4.69) is 5.32 Å². The van der Waals surface area contributed by atoms with Gasteiger partial charge < -0.3 is 14.8 Å². The van der Waals surface area contributed by atoms with Crippen LogP contribution in [0.3, 0.4) is 0 Å². The Labute approximate surface area is 123 Å². The van der Waals surface area contributed by atoms with E-state index in [-0.39, 0.29) is 12.1 Å². The Hall–Kier alpha value is -2.75. The van der Waals surface area contributed by atoms with Crippen molar-refractivity contribution in [1.82, 2.24) is 0 Å². The summed E-state index contributed by atoms with van der Waals surface area (Å²) in [6.07, 6.45) is 2.87. The number of carbonyl (C=O) groups excluding carboxylic acids is 1. The summed E-state index contributed by atoms with van der Waals surface area (Å²) in [5.41, 5.74) is 1.50. The minimum Gasteiger partial charge on any atom is -0.451 e. The number of hydrogen-bond acceptors (Lipinski definition) is 4. The van der Waals surface area contributed by atoms with E-state index in [1.165, 1.54) is 6.08 Å². The first-order valence-corrected chi connectivity index (χ1v) is 6.72. The standard InChI is InChI=1S/C17H15NO3/c1-12-20-16-8-7-14(11-17(16)21-12)18-10-9-15(19)13-5-3-2-4-6-13/h2-12,18H,1H3/b10-9-. The predicted molar refractivity (Wildman–Crippen MR) is 80.7 cm³/mol. The molecule has 4 heteroatoms. The van der Waals surface area contributed by atoms with Crippen molar-refractivity contribution in [2.45, 2.75) is 13.2 Å². The Morgan fingerprint density at radius 1 is 1.10 bits per heavy atom. The summed E-state index contributed by atoms with van der Waals surface area (Å²) in [5, 5.41) is 3.05. The highest BCUT2D eigenvalue weighted by molar-refractivity contribution is 6.04. The zero-order chi connectivity index (χ0) is 14.7. The second-order valence-electron chi connectivity index (χ2n) is 4.67. The summed E-state index contributed by atoms with van der Waals surface area (Å²) in [5.74, 6) is 1.39. The summed E-state index contributed by atoms with van der Waals surface area (Å²) in [6, 6.07) is 14.7. The topological polar surface area (TPSA) is 47.6 Å². The molecule has 0 spiro atoms. The molecule has 0 fully saturated rings. The zero-order valence-electron chi connectivity index (χ0n) is 11.6. The molecule has 1 heterocycles. The summed E-state index contributed by atoms with van der Waals surface area (Å²) in [7, 11) is 0. The van der Waals surface area contributed by atoms with Gasteiger partial charge >= 0.3 is 0 Å². The molecule has 4 nitrogen and oxygen atoms in total. The van der Waals surface area contributed by atoms with E-state index in [1.807, 2.05) is 43.3 Å². The van der Waals surface area contributed by atoms with Crippen LogP contribution in [0.1, 0.15) is 17.3 Å². The van der Waals surface area contributed by atoms with Crippen molar-refractivity contribution in [1.29, 1.82) is 0 Å². The molecule has 0 aromatic heterocycles. The molecule has 0 aliphatic carbocycles. The molecule has 21 heavy (non-hydrogen) atoms. The number of ether oxygens (including phenoxy) is 2. The fourth-order valence-corrected chi connectivity index (χ4v) is 2.08. The number of nitrogens with one attached hydrogen (secondary N) is 1. The molecule has 0 bridgehead atoms. The maximum atomic E-state index is 11.9. The van der Waals surface area contributed by atoms with Crippen molar-refractivity contribution < 1.29 is 14.3 Å². The highest BCUT2D eigenvalue weighted by Crippen LogP contribution is 2.36. The summed E-state index contributed by atoms with van der Waals surface area (Å²) < 4.78 is 10.9. The number of benzene rings is 2. The number of rotatable bonds is 4. The van der Waals surface area contributed by atoms with Crippen LogP contribution in [0.25, 0.3) is 0 Å². The summed E-state index contributed by atoms with van der Waals surface area (Å²) in [4.78, 5) is 11.9. The van der Waals surface area contributed by atoms with E-state index in [0.29, 0.717) is 11.3 Å². The van der Waals surface area contributed by atoms with Gasteiger partial charge in [-0.2, -0.15) is 0 Å². The smallest absolute Gasteiger partial charge is 0.238 e. The molecule has 1 aliphatic rings. The number of ketones is 1. The average molecular weight is 281 g/mol. The molecule has 1 aliphatic heterocycles. The Balaban J connectivity index is 1.64. The molecule has 0 radical (unpaired) electrons. The monoisotopic (exact) mass is 281 g/mol. The van der Waals surface area contributed by atoms with Crippen LogP contribution in [0.2, 0.25) is 0 Å². The molecule has 1 unspecified atom stereocenters. The van der Waals surface area contributed by atoms with Crippen molar-refractivity contribution in [2.24, 2.45) is 0 Å². The van der Waals surface area contributed by atoms with Crippen LogP contribution in [0.15, 0.2) is 60.8 Å². The highest BCUT2D eigenvalue weighted by atomic mass is 16.7. The minimum atomic E-state index is -0.259. The quantitative estimate of drug-likeness (QED) is 0.687. The van der Waals surface area contributed by atoms with Gasteiger partial charge in [-0.05, 0) is 12.1 Å². The van der Waals surface area contributed by atoms with Crippen molar-refractivity contribution in [3.05, 3.63) is 66.4 Å². The number of allylic oxidation sites excluding steroid dienone is 1. The predicted octanol–water partition coefficient (Wildman–Crippen LogP) is 3.61. The van der Waals surface area contributed by atoms with Crippen molar-refractivity contribution in [3.63, 3.8) is 0 Å².